The van der Waals surface area contributed by atoms with Crippen molar-refractivity contribution >= 4 is 11.7 Å². The first-order valence-electron chi connectivity index (χ1n) is 3.96. The van der Waals surface area contributed by atoms with E-state index in [2.05, 4.69) is 4.98 Å². The number of carbonyl (C=O) groups excluding carboxylic acids is 1. The molecule has 0 fully saturated rings. The molecule has 1 rings (SSSR count). The van der Waals surface area contributed by atoms with E-state index in [1.807, 2.05) is 0 Å². The van der Waals surface area contributed by atoms with E-state index in [9.17, 15) is 18.0 Å². The molecular formula is C8H8F3N3O. The van der Waals surface area contributed by atoms with Crippen molar-refractivity contribution < 1.29 is 18.0 Å². The summed E-state index contributed by atoms with van der Waals surface area (Å²) in [4.78, 5) is 14.1. The third-order valence-electron chi connectivity index (χ3n) is 1.56. The quantitative estimate of drug-likeness (QED) is 0.780. The molecule has 7 heteroatoms. The van der Waals surface area contributed by atoms with E-state index in [4.69, 9.17) is 5.73 Å². The summed E-state index contributed by atoms with van der Waals surface area (Å²) in [6.45, 7) is 0.237. The number of amides is 1. The van der Waals surface area contributed by atoms with Gasteiger partial charge in [0.2, 0.25) is 0 Å². The minimum absolute atomic E-state index is 0.158. The van der Waals surface area contributed by atoms with E-state index in [-0.39, 0.29) is 12.4 Å². The molecule has 3 N–H and O–H groups in total. The Morgan fingerprint density at radius 1 is 1.47 bits per heavy atom. The van der Waals surface area contributed by atoms with Crippen LogP contribution in [-0.4, -0.2) is 17.1 Å². The fourth-order valence-corrected chi connectivity index (χ4v) is 0.806. The molecule has 0 radical (unpaired) electrons. The first-order valence-corrected chi connectivity index (χ1v) is 3.96. The molecule has 0 saturated heterocycles. The summed E-state index contributed by atoms with van der Waals surface area (Å²) in [6.07, 6.45) is -3.61. The molecule has 4 nitrogen and oxygen atoms in total. The van der Waals surface area contributed by atoms with Gasteiger partial charge in [0.05, 0.1) is 0 Å². The summed E-state index contributed by atoms with van der Waals surface area (Å²) in [5.74, 6) is -2.20. The Labute approximate surface area is 83.3 Å². The van der Waals surface area contributed by atoms with Crippen LogP contribution in [0.3, 0.4) is 0 Å². The van der Waals surface area contributed by atoms with Crippen LogP contribution >= 0.6 is 0 Å². The SMILES string of the molecule is NCc1ccc(NC(=O)C(F)(F)F)nc1. The van der Waals surface area contributed by atoms with Crippen molar-refractivity contribution in [2.45, 2.75) is 12.7 Å². The van der Waals surface area contributed by atoms with Crippen LogP contribution in [0.25, 0.3) is 0 Å². The third-order valence-corrected chi connectivity index (χ3v) is 1.56. The third kappa shape index (κ3) is 3.21. The molecule has 0 bridgehead atoms. The highest BCUT2D eigenvalue weighted by Gasteiger charge is 2.38. The summed E-state index contributed by atoms with van der Waals surface area (Å²) in [5, 5.41) is 1.62. The van der Waals surface area contributed by atoms with Crippen molar-refractivity contribution in [1.29, 1.82) is 0 Å². The number of nitrogens with two attached hydrogens (primary N) is 1. The largest absolute Gasteiger partial charge is 0.471 e. The van der Waals surface area contributed by atoms with E-state index in [0.717, 1.165) is 0 Å². The van der Waals surface area contributed by atoms with E-state index in [1.165, 1.54) is 18.3 Å². The summed E-state index contributed by atoms with van der Waals surface area (Å²) in [7, 11) is 0. The van der Waals surface area contributed by atoms with Crippen LogP contribution in [0.1, 0.15) is 5.56 Å². The van der Waals surface area contributed by atoms with Crippen LogP contribution in [0.2, 0.25) is 0 Å². The minimum Gasteiger partial charge on any atom is -0.326 e. The fraction of sp³-hybridized carbons (Fsp3) is 0.250. The highest BCUT2D eigenvalue weighted by Crippen LogP contribution is 2.17. The number of hydrogen-bond acceptors (Lipinski definition) is 3. The fourth-order valence-electron chi connectivity index (χ4n) is 0.806. The second kappa shape index (κ2) is 4.26. The van der Waals surface area contributed by atoms with Crippen LogP contribution in [0.5, 0.6) is 0 Å². The zero-order valence-electron chi connectivity index (χ0n) is 7.51. The van der Waals surface area contributed by atoms with Gasteiger partial charge in [-0.25, -0.2) is 4.98 Å². The van der Waals surface area contributed by atoms with Gasteiger partial charge in [-0.15, -0.1) is 0 Å². The smallest absolute Gasteiger partial charge is 0.326 e. The van der Waals surface area contributed by atoms with Gasteiger partial charge in [0, 0.05) is 12.7 Å². The molecule has 0 atom stereocenters. The molecule has 0 spiro atoms. The molecule has 0 aromatic carbocycles. The Hall–Kier alpha value is -1.63. The summed E-state index contributed by atoms with van der Waals surface area (Å²) >= 11 is 0. The molecule has 0 aliphatic heterocycles. The van der Waals surface area contributed by atoms with Crippen molar-refractivity contribution in [2.75, 3.05) is 5.32 Å². The predicted molar refractivity (Wildman–Crippen MR) is 46.8 cm³/mol. The molecular weight excluding hydrogens is 211 g/mol. The maximum absolute atomic E-state index is 11.8. The van der Waals surface area contributed by atoms with E-state index < -0.39 is 12.1 Å². The highest BCUT2D eigenvalue weighted by molar-refractivity contribution is 5.94. The molecule has 1 aromatic rings. The number of carbonyl (C=O) groups is 1. The Balaban J connectivity index is 2.70. The number of hydrogen-bond donors (Lipinski definition) is 2. The monoisotopic (exact) mass is 219 g/mol. The van der Waals surface area contributed by atoms with Crippen molar-refractivity contribution in [3.05, 3.63) is 23.9 Å². The van der Waals surface area contributed by atoms with Gasteiger partial charge in [-0.1, -0.05) is 6.07 Å². The molecule has 1 heterocycles. The molecule has 0 aliphatic rings. The first kappa shape index (κ1) is 11.4. The first-order chi connectivity index (χ1) is 6.93. The molecule has 1 amide bonds. The summed E-state index contributed by atoms with van der Waals surface area (Å²) in [6, 6.07) is 2.74. The Kier molecular flexibility index (Phi) is 3.25. The lowest BCUT2D eigenvalue weighted by Gasteiger charge is -2.07. The number of halogens is 3. The molecule has 1 aromatic heterocycles. The van der Waals surface area contributed by atoms with E-state index in [0.29, 0.717) is 5.56 Å². The molecule has 15 heavy (non-hydrogen) atoms. The van der Waals surface area contributed by atoms with Crippen LogP contribution in [0.15, 0.2) is 18.3 Å². The normalized spacial score (nSPS) is 11.2. The number of alkyl halides is 3. The van der Waals surface area contributed by atoms with Crippen molar-refractivity contribution in [3.63, 3.8) is 0 Å². The standard InChI is InChI=1S/C8H8F3N3O/c9-8(10,11)7(15)14-6-2-1-5(3-12)4-13-6/h1-2,4H,3,12H2,(H,13,14,15). The average molecular weight is 219 g/mol. The number of nitrogens with one attached hydrogen (secondary N) is 1. The number of rotatable bonds is 2. The lowest BCUT2D eigenvalue weighted by Crippen LogP contribution is -2.30. The highest BCUT2D eigenvalue weighted by atomic mass is 19.4. The van der Waals surface area contributed by atoms with E-state index in [1.54, 1.807) is 5.32 Å². The predicted octanol–water partition coefficient (Wildman–Crippen LogP) is 1.04. The Bertz CT molecular complexity index is 347. The average Bonchev–Trinajstić information content (AvgIpc) is 2.17. The Morgan fingerprint density at radius 3 is 2.53 bits per heavy atom. The second-order valence-electron chi connectivity index (χ2n) is 2.71. The molecule has 0 aliphatic carbocycles. The lowest BCUT2D eigenvalue weighted by atomic mass is 10.3. The summed E-state index contributed by atoms with van der Waals surface area (Å²) in [5.41, 5.74) is 5.93. The maximum atomic E-state index is 11.8. The maximum Gasteiger partial charge on any atom is 0.471 e. The number of pyridine rings is 1. The van der Waals surface area contributed by atoms with E-state index >= 15 is 0 Å². The molecule has 0 unspecified atom stereocenters. The molecule has 0 saturated carbocycles. The van der Waals surface area contributed by atoms with Gasteiger partial charge in [-0.2, -0.15) is 13.2 Å². The van der Waals surface area contributed by atoms with Gasteiger partial charge in [-0.3, -0.25) is 4.79 Å². The van der Waals surface area contributed by atoms with Gasteiger partial charge in [-0.05, 0) is 11.6 Å². The van der Waals surface area contributed by atoms with Crippen molar-refractivity contribution in [1.82, 2.24) is 4.98 Å². The van der Waals surface area contributed by atoms with Crippen LogP contribution in [0, 0.1) is 0 Å². The summed E-state index contributed by atoms with van der Waals surface area (Å²) < 4.78 is 35.5. The topological polar surface area (TPSA) is 68.0 Å². The van der Waals surface area contributed by atoms with Gasteiger partial charge in [0.1, 0.15) is 5.82 Å². The van der Waals surface area contributed by atoms with Gasteiger partial charge in [0.15, 0.2) is 0 Å². The number of aromatic nitrogens is 1. The van der Waals surface area contributed by atoms with Crippen LogP contribution in [-0.2, 0) is 11.3 Å². The zero-order chi connectivity index (χ0) is 11.5. The van der Waals surface area contributed by atoms with Gasteiger partial charge >= 0.3 is 12.1 Å². The van der Waals surface area contributed by atoms with Crippen LogP contribution < -0.4 is 11.1 Å². The number of anilines is 1. The van der Waals surface area contributed by atoms with Crippen LogP contribution in [0.4, 0.5) is 19.0 Å². The minimum atomic E-state index is -4.91. The van der Waals surface area contributed by atoms with Crippen molar-refractivity contribution in [2.24, 2.45) is 5.73 Å². The second-order valence-corrected chi connectivity index (χ2v) is 2.71. The lowest BCUT2D eigenvalue weighted by molar-refractivity contribution is -0.167. The van der Waals surface area contributed by atoms with Crippen molar-refractivity contribution in [3.8, 4) is 0 Å². The van der Waals surface area contributed by atoms with Gasteiger partial charge < -0.3 is 11.1 Å². The van der Waals surface area contributed by atoms with Gasteiger partial charge in [0.25, 0.3) is 0 Å². The number of nitrogens with zero attached hydrogens (tertiary/aromatic N) is 1. The Morgan fingerprint density at radius 2 is 2.13 bits per heavy atom. The molecule has 82 valence electrons. The zero-order valence-corrected chi connectivity index (χ0v) is 7.51.